The van der Waals surface area contributed by atoms with Crippen LogP contribution in [-0.2, 0) is 6.42 Å². The van der Waals surface area contributed by atoms with E-state index in [9.17, 15) is 0 Å². The second kappa shape index (κ2) is 7.05. The molecule has 0 atom stereocenters. The summed E-state index contributed by atoms with van der Waals surface area (Å²) in [6, 6.07) is 6.57. The fraction of sp³-hybridized carbons (Fsp3) is 0.375. The molecule has 16 heavy (non-hydrogen) atoms. The van der Waals surface area contributed by atoms with Crippen LogP contribution in [0.1, 0.15) is 49.3 Å². The van der Waals surface area contributed by atoms with Gasteiger partial charge in [-0.05, 0) is 29.5 Å². The van der Waals surface area contributed by atoms with Crippen molar-refractivity contribution in [3.05, 3.63) is 48.0 Å². The van der Waals surface area contributed by atoms with Gasteiger partial charge in [0, 0.05) is 0 Å². The second-order valence-corrected chi connectivity index (χ2v) is 4.18. The summed E-state index contributed by atoms with van der Waals surface area (Å²) in [7, 11) is 0. The van der Waals surface area contributed by atoms with E-state index in [1.807, 2.05) is 12.2 Å². The zero-order chi connectivity index (χ0) is 11.8. The number of unbranched alkanes of at least 4 members (excludes halogenated alkanes) is 3. The van der Waals surface area contributed by atoms with Crippen molar-refractivity contribution in [3.8, 4) is 0 Å². The molecule has 0 heterocycles. The maximum absolute atomic E-state index is 3.84. The van der Waals surface area contributed by atoms with Crippen molar-refractivity contribution in [1.29, 1.82) is 0 Å². The Morgan fingerprint density at radius 3 is 2.38 bits per heavy atom. The fourth-order valence-corrected chi connectivity index (χ4v) is 1.90. The predicted molar refractivity (Wildman–Crippen MR) is 74.5 cm³/mol. The molecule has 0 heteroatoms. The summed E-state index contributed by atoms with van der Waals surface area (Å²) < 4.78 is 0. The molecule has 0 N–H and O–H groups in total. The molecule has 0 aromatic heterocycles. The van der Waals surface area contributed by atoms with Gasteiger partial charge in [0.05, 0.1) is 0 Å². The largest absolute Gasteiger partial charge is 0.0984 e. The molecule has 0 fully saturated rings. The van der Waals surface area contributed by atoms with Crippen molar-refractivity contribution < 1.29 is 0 Å². The number of hydrogen-bond acceptors (Lipinski definition) is 0. The van der Waals surface area contributed by atoms with E-state index in [1.165, 1.54) is 48.8 Å². The Bertz CT molecular complexity index is 347. The number of hydrogen-bond donors (Lipinski definition) is 0. The first-order valence-corrected chi connectivity index (χ1v) is 6.19. The highest BCUT2D eigenvalue weighted by molar-refractivity contribution is 5.64. The Morgan fingerprint density at radius 2 is 1.75 bits per heavy atom. The van der Waals surface area contributed by atoms with E-state index in [2.05, 4.69) is 38.3 Å². The molecule has 0 bridgehead atoms. The third-order valence-corrected chi connectivity index (χ3v) is 2.91. The maximum atomic E-state index is 3.84. The van der Waals surface area contributed by atoms with Crippen LogP contribution in [0.15, 0.2) is 31.4 Å². The monoisotopic (exact) mass is 214 g/mol. The first-order valence-electron chi connectivity index (χ1n) is 6.19. The highest BCUT2D eigenvalue weighted by Gasteiger charge is 1.98. The average Bonchev–Trinajstić information content (AvgIpc) is 2.34. The predicted octanol–water partition coefficient (Wildman–Crippen LogP) is 5.10. The fourth-order valence-electron chi connectivity index (χ4n) is 1.90. The molecule has 0 radical (unpaired) electrons. The highest BCUT2D eigenvalue weighted by atomic mass is 14.0. The molecule has 0 unspecified atom stereocenters. The summed E-state index contributed by atoms with van der Waals surface area (Å²) in [6.45, 7) is 9.90. The Hall–Kier alpha value is -1.30. The van der Waals surface area contributed by atoms with Crippen molar-refractivity contribution in [3.63, 3.8) is 0 Å². The number of benzene rings is 1. The van der Waals surface area contributed by atoms with Crippen molar-refractivity contribution in [2.75, 3.05) is 0 Å². The molecule has 0 amide bonds. The molecule has 1 aromatic rings. The van der Waals surface area contributed by atoms with E-state index in [4.69, 9.17) is 0 Å². The van der Waals surface area contributed by atoms with Gasteiger partial charge in [0.25, 0.3) is 0 Å². The van der Waals surface area contributed by atoms with E-state index in [1.54, 1.807) is 0 Å². The topological polar surface area (TPSA) is 0 Å². The van der Waals surface area contributed by atoms with Crippen LogP contribution >= 0.6 is 0 Å². The van der Waals surface area contributed by atoms with E-state index < -0.39 is 0 Å². The smallest absolute Gasteiger partial charge is 0.0187 e. The third kappa shape index (κ3) is 3.69. The summed E-state index contributed by atoms with van der Waals surface area (Å²) in [5.41, 5.74) is 3.78. The van der Waals surface area contributed by atoms with Crippen molar-refractivity contribution >= 4 is 12.2 Å². The molecule has 0 saturated carbocycles. The lowest BCUT2D eigenvalue weighted by Crippen LogP contribution is -1.89. The average molecular weight is 214 g/mol. The minimum atomic E-state index is 1.17. The normalized spacial score (nSPS) is 10.1. The molecule has 86 valence electrons. The lowest BCUT2D eigenvalue weighted by atomic mass is 10.00. The van der Waals surface area contributed by atoms with Crippen LogP contribution < -0.4 is 0 Å². The summed E-state index contributed by atoms with van der Waals surface area (Å²) in [5, 5.41) is 0. The van der Waals surface area contributed by atoms with Crippen LogP contribution in [0.5, 0.6) is 0 Å². The summed E-state index contributed by atoms with van der Waals surface area (Å²) in [5.74, 6) is 0. The molecule has 1 aromatic carbocycles. The Labute approximate surface area is 99.7 Å². The summed E-state index contributed by atoms with van der Waals surface area (Å²) in [4.78, 5) is 0. The Kier molecular flexibility index (Phi) is 5.63. The second-order valence-electron chi connectivity index (χ2n) is 4.18. The lowest BCUT2D eigenvalue weighted by molar-refractivity contribution is 0.667. The molecule has 0 saturated heterocycles. The molecule has 0 aliphatic carbocycles. The van der Waals surface area contributed by atoms with Crippen LogP contribution in [0.3, 0.4) is 0 Å². The summed E-state index contributed by atoms with van der Waals surface area (Å²) in [6.07, 6.45) is 10.2. The molecule has 0 nitrogen and oxygen atoms in total. The SMILES string of the molecule is C=Cc1ccc(CCCCCC)cc1C=C. The number of rotatable bonds is 7. The van der Waals surface area contributed by atoms with Gasteiger partial charge in [-0.15, -0.1) is 0 Å². The van der Waals surface area contributed by atoms with E-state index in [0.717, 1.165) is 0 Å². The van der Waals surface area contributed by atoms with Crippen molar-refractivity contribution in [2.45, 2.75) is 39.0 Å². The van der Waals surface area contributed by atoms with Gasteiger partial charge in [0.15, 0.2) is 0 Å². The summed E-state index contributed by atoms with van der Waals surface area (Å²) >= 11 is 0. The zero-order valence-electron chi connectivity index (χ0n) is 10.3. The maximum Gasteiger partial charge on any atom is -0.0187 e. The molecule has 1 rings (SSSR count). The van der Waals surface area contributed by atoms with Crippen molar-refractivity contribution in [1.82, 2.24) is 0 Å². The van der Waals surface area contributed by atoms with Gasteiger partial charge >= 0.3 is 0 Å². The van der Waals surface area contributed by atoms with Crippen LogP contribution in [-0.4, -0.2) is 0 Å². The van der Waals surface area contributed by atoms with Crippen LogP contribution in [0.25, 0.3) is 12.2 Å². The number of aryl methyl sites for hydroxylation is 1. The molecule has 0 aliphatic rings. The van der Waals surface area contributed by atoms with Crippen LogP contribution in [0, 0.1) is 0 Å². The van der Waals surface area contributed by atoms with Gasteiger partial charge < -0.3 is 0 Å². The van der Waals surface area contributed by atoms with Gasteiger partial charge in [0.2, 0.25) is 0 Å². The van der Waals surface area contributed by atoms with Gasteiger partial charge in [-0.25, -0.2) is 0 Å². The standard InChI is InChI=1S/C16H22/c1-4-7-8-9-10-14-11-12-15(5-2)16(6-3)13-14/h5-6,11-13H,2-4,7-10H2,1H3. The van der Waals surface area contributed by atoms with Crippen LogP contribution in [0.2, 0.25) is 0 Å². The minimum absolute atomic E-state index is 1.17. The molecule has 0 spiro atoms. The van der Waals surface area contributed by atoms with Gasteiger partial charge in [-0.1, -0.05) is 69.7 Å². The molecule has 0 aliphatic heterocycles. The van der Waals surface area contributed by atoms with Crippen LogP contribution in [0.4, 0.5) is 0 Å². The minimum Gasteiger partial charge on any atom is -0.0984 e. The first kappa shape index (κ1) is 12.8. The molecular weight excluding hydrogens is 192 g/mol. The third-order valence-electron chi connectivity index (χ3n) is 2.91. The van der Waals surface area contributed by atoms with Gasteiger partial charge in [-0.2, -0.15) is 0 Å². The highest BCUT2D eigenvalue weighted by Crippen LogP contribution is 2.16. The molecular formula is C16H22. The first-order chi connectivity index (χ1) is 7.81. The van der Waals surface area contributed by atoms with E-state index in [-0.39, 0.29) is 0 Å². The Balaban J connectivity index is 2.60. The van der Waals surface area contributed by atoms with Gasteiger partial charge in [0.1, 0.15) is 0 Å². The lowest BCUT2D eigenvalue weighted by Gasteiger charge is -2.05. The van der Waals surface area contributed by atoms with E-state index >= 15 is 0 Å². The van der Waals surface area contributed by atoms with Gasteiger partial charge in [-0.3, -0.25) is 0 Å². The quantitative estimate of drug-likeness (QED) is 0.554. The zero-order valence-corrected chi connectivity index (χ0v) is 10.3. The van der Waals surface area contributed by atoms with E-state index in [0.29, 0.717) is 0 Å². The van der Waals surface area contributed by atoms with Crippen molar-refractivity contribution in [2.24, 2.45) is 0 Å². The Morgan fingerprint density at radius 1 is 1.00 bits per heavy atom.